The number of carbonyl (C=O) groups is 1. The Bertz CT molecular complexity index is 1060. The van der Waals surface area contributed by atoms with E-state index in [1.165, 1.54) is 39.0 Å². The molecule has 0 unspecified atom stereocenters. The van der Waals surface area contributed by atoms with Crippen LogP contribution in [0.1, 0.15) is 108 Å². The van der Waals surface area contributed by atoms with Gasteiger partial charge in [0.05, 0.1) is 13.0 Å². The normalized spacial score (nSPS) is 16.4. The van der Waals surface area contributed by atoms with Crippen LogP contribution in [0.25, 0.3) is 0 Å². The molecule has 0 bridgehead atoms. The van der Waals surface area contributed by atoms with Crippen molar-refractivity contribution in [3.8, 4) is 0 Å². The van der Waals surface area contributed by atoms with Crippen LogP contribution in [0, 0.1) is 19.8 Å². The smallest absolute Gasteiger partial charge is 0.307 e. The van der Waals surface area contributed by atoms with Gasteiger partial charge >= 0.3 is 5.97 Å². The van der Waals surface area contributed by atoms with Crippen molar-refractivity contribution >= 4 is 16.0 Å². The van der Waals surface area contributed by atoms with Crippen LogP contribution >= 0.6 is 0 Å². The van der Waals surface area contributed by atoms with Crippen LogP contribution in [0.15, 0.2) is 13.9 Å². The topological polar surface area (TPSA) is 137 Å². The van der Waals surface area contributed by atoms with Crippen LogP contribution in [-0.4, -0.2) is 35.3 Å². The number of rotatable bonds is 11. The molecule has 11 heteroatoms. The van der Waals surface area contributed by atoms with E-state index in [1.54, 1.807) is 6.92 Å². The maximum Gasteiger partial charge on any atom is 0.307 e. The Morgan fingerprint density at radius 1 is 1.14 bits per heavy atom. The summed E-state index contributed by atoms with van der Waals surface area (Å²) in [6.07, 6.45) is 9.38. The summed E-state index contributed by atoms with van der Waals surface area (Å²) in [5.41, 5.74) is -0.306. The van der Waals surface area contributed by atoms with Crippen molar-refractivity contribution in [3.05, 3.63) is 23.2 Å². The molecule has 0 radical (unpaired) electrons. The van der Waals surface area contributed by atoms with E-state index in [2.05, 4.69) is 20.0 Å². The second-order valence-corrected chi connectivity index (χ2v) is 12.2. The molecule has 35 heavy (non-hydrogen) atoms. The molecule has 1 N–H and O–H groups in total. The number of aryl methyl sites for hydroxylation is 2. The molecule has 1 aliphatic carbocycles. The molecule has 1 fully saturated rings. The molecule has 0 amide bonds. The van der Waals surface area contributed by atoms with E-state index in [9.17, 15) is 13.2 Å². The third kappa shape index (κ3) is 8.13. The van der Waals surface area contributed by atoms with Gasteiger partial charge in [0.1, 0.15) is 16.2 Å². The summed E-state index contributed by atoms with van der Waals surface area (Å²) >= 11 is 0. The minimum absolute atomic E-state index is 0.00623. The van der Waals surface area contributed by atoms with Crippen molar-refractivity contribution in [2.45, 2.75) is 115 Å². The average Bonchev–Trinajstić information content (AvgIpc) is 3.37. The molecule has 2 aromatic heterocycles. The van der Waals surface area contributed by atoms with Crippen LogP contribution in [0.5, 0.6) is 0 Å². The highest BCUT2D eigenvalue weighted by Crippen LogP contribution is 2.31. The molecule has 1 aliphatic rings. The molecule has 2 heterocycles. The second kappa shape index (κ2) is 11.6. The third-order valence-electron chi connectivity index (χ3n) is 6.21. The SMILES string of the molecule is Cc1noc(C)c1S(=O)(=O)NCc1noc([C@H](CCCC2CCCCC2)CC(=O)OC(C)(C)C)n1. The van der Waals surface area contributed by atoms with Gasteiger partial charge in [0.2, 0.25) is 15.9 Å². The summed E-state index contributed by atoms with van der Waals surface area (Å²) in [4.78, 5) is 17.0. The van der Waals surface area contributed by atoms with Gasteiger partial charge in [-0.3, -0.25) is 4.79 Å². The van der Waals surface area contributed by atoms with Crippen LogP contribution in [0.2, 0.25) is 0 Å². The predicted molar refractivity (Wildman–Crippen MR) is 128 cm³/mol. The number of nitrogens with one attached hydrogen (secondary N) is 1. The van der Waals surface area contributed by atoms with Gasteiger partial charge in [-0.25, -0.2) is 13.1 Å². The number of aromatic nitrogens is 3. The molecular weight excluding hydrogens is 472 g/mol. The Morgan fingerprint density at radius 2 is 1.86 bits per heavy atom. The summed E-state index contributed by atoms with van der Waals surface area (Å²) < 4.78 is 43.7. The van der Waals surface area contributed by atoms with Crippen molar-refractivity contribution < 1.29 is 27.0 Å². The van der Waals surface area contributed by atoms with Gasteiger partial charge < -0.3 is 13.8 Å². The van der Waals surface area contributed by atoms with Crippen LogP contribution in [0.4, 0.5) is 0 Å². The Hall–Kier alpha value is -2.27. The number of esters is 1. The van der Waals surface area contributed by atoms with Crippen LogP contribution < -0.4 is 4.72 Å². The van der Waals surface area contributed by atoms with E-state index in [0.29, 0.717) is 5.89 Å². The van der Waals surface area contributed by atoms with E-state index >= 15 is 0 Å². The number of carbonyl (C=O) groups excluding carboxylic acids is 1. The fourth-order valence-corrected chi connectivity index (χ4v) is 5.93. The quantitative estimate of drug-likeness (QED) is 0.426. The van der Waals surface area contributed by atoms with Gasteiger partial charge in [0.15, 0.2) is 11.6 Å². The van der Waals surface area contributed by atoms with E-state index < -0.39 is 15.6 Å². The highest BCUT2D eigenvalue weighted by atomic mass is 32.2. The molecule has 1 saturated carbocycles. The molecule has 3 rings (SSSR count). The van der Waals surface area contributed by atoms with Crippen molar-refractivity contribution in [2.75, 3.05) is 0 Å². The van der Waals surface area contributed by atoms with Crippen LogP contribution in [-0.2, 0) is 26.1 Å². The number of hydrogen-bond donors (Lipinski definition) is 1. The van der Waals surface area contributed by atoms with E-state index in [1.807, 2.05) is 20.8 Å². The largest absolute Gasteiger partial charge is 0.460 e. The maximum absolute atomic E-state index is 12.7. The lowest BCUT2D eigenvalue weighted by atomic mass is 9.84. The van der Waals surface area contributed by atoms with Gasteiger partial charge in [0, 0.05) is 5.92 Å². The van der Waals surface area contributed by atoms with E-state index in [4.69, 9.17) is 13.8 Å². The summed E-state index contributed by atoms with van der Waals surface area (Å²) in [5.74, 6) is 0.859. The lowest BCUT2D eigenvalue weighted by Gasteiger charge is -2.23. The predicted octanol–water partition coefficient (Wildman–Crippen LogP) is 4.72. The summed E-state index contributed by atoms with van der Waals surface area (Å²) in [5, 5.41) is 7.63. The standard InChI is InChI=1S/C24H38N4O6S/c1-16-22(17(2)33-27-16)35(30,31)25-15-20-26-23(34-28-20)19(14-21(29)32-24(3,4)5)13-9-12-18-10-7-6-8-11-18/h18-19,25H,6-15H2,1-5H3/t19-/m1/s1. The summed E-state index contributed by atoms with van der Waals surface area (Å²) in [6.45, 7) is 8.44. The Kier molecular flexibility index (Phi) is 9.09. The molecule has 0 saturated heterocycles. The zero-order chi connectivity index (χ0) is 25.6. The minimum atomic E-state index is -3.86. The Balaban J connectivity index is 1.65. The molecule has 10 nitrogen and oxygen atoms in total. The number of nitrogens with zero attached hydrogens (tertiary/aromatic N) is 3. The first kappa shape index (κ1) is 27.3. The second-order valence-electron chi connectivity index (χ2n) is 10.4. The van der Waals surface area contributed by atoms with Gasteiger partial charge in [-0.1, -0.05) is 55.3 Å². The summed E-state index contributed by atoms with van der Waals surface area (Å²) in [6, 6.07) is 0. The summed E-state index contributed by atoms with van der Waals surface area (Å²) in [7, 11) is -3.86. The van der Waals surface area contributed by atoms with Gasteiger partial charge in [-0.05, 0) is 47.0 Å². The molecule has 2 aromatic rings. The Morgan fingerprint density at radius 3 is 2.49 bits per heavy atom. The molecule has 0 aliphatic heterocycles. The van der Waals surface area contributed by atoms with Gasteiger partial charge in [-0.2, -0.15) is 4.98 Å². The first-order valence-corrected chi connectivity index (χ1v) is 13.9. The minimum Gasteiger partial charge on any atom is -0.460 e. The van der Waals surface area contributed by atoms with E-state index in [-0.39, 0.29) is 47.0 Å². The number of ether oxygens (including phenoxy) is 1. The van der Waals surface area contributed by atoms with Gasteiger partial charge in [0.25, 0.3) is 0 Å². The van der Waals surface area contributed by atoms with Crippen molar-refractivity contribution in [3.63, 3.8) is 0 Å². The lowest BCUT2D eigenvalue weighted by molar-refractivity contribution is -0.155. The first-order chi connectivity index (χ1) is 16.4. The monoisotopic (exact) mass is 510 g/mol. The average molecular weight is 511 g/mol. The Labute approximate surface area is 207 Å². The fourth-order valence-electron chi connectivity index (χ4n) is 4.62. The van der Waals surface area contributed by atoms with Crippen molar-refractivity contribution in [1.29, 1.82) is 0 Å². The molecule has 0 spiro atoms. The third-order valence-corrected chi connectivity index (χ3v) is 7.86. The zero-order valence-corrected chi connectivity index (χ0v) is 22.2. The highest BCUT2D eigenvalue weighted by Gasteiger charge is 2.28. The van der Waals surface area contributed by atoms with Crippen molar-refractivity contribution in [1.82, 2.24) is 20.0 Å². The van der Waals surface area contributed by atoms with Crippen molar-refractivity contribution in [2.24, 2.45) is 5.92 Å². The molecule has 1 atom stereocenters. The zero-order valence-electron chi connectivity index (χ0n) is 21.4. The van der Waals surface area contributed by atoms with E-state index in [0.717, 1.165) is 25.2 Å². The lowest BCUT2D eigenvalue weighted by Crippen LogP contribution is -2.25. The molecule has 196 valence electrons. The van der Waals surface area contributed by atoms with Crippen LogP contribution in [0.3, 0.4) is 0 Å². The number of hydrogen-bond acceptors (Lipinski definition) is 9. The number of sulfonamides is 1. The molecular formula is C24H38N4O6S. The van der Waals surface area contributed by atoms with Gasteiger partial charge in [-0.15, -0.1) is 0 Å². The molecule has 0 aromatic carbocycles. The first-order valence-electron chi connectivity index (χ1n) is 12.4. The highest BCUT2D eigenvalue weighted by molar-refractivity contribution is 7.89. The maximum atomic E-state index is 12.7. The fraction of sp³-hybridized carbons (Fsp3) is 0.750.